The Morgan fingerprint density at radius 1 is 1.15 bits per heavy atom. The lowest BCUT2D eigenvalue weighted by molar-refractivity contribution is 0.0378. The molecule has 4 aromatic rings. The second-order valence-electron chi connectivity index (χ2n) is 8.17. The smallest absolute Gasteiger partial charge is 0.340 e. The second-order valence-corrected chi connectivity index (χ2v) is 8.17. The lowest BCUT2D eigenvalue weighted by Crippen LogP contribution is -2.15. The summed E-state index contributed by atoms with van der Waals surface area (Å²) in [5, 5.41) is 4.46. The van der Waals surface area contributed by atoms with Gasteiger partial charge in [0.1, 0.15) is 0 Å². The van der Waals surface area contributed by atoms with Crippen molar-refractivity contribution in [2.75, 3.05) is 5.43 Å². The summed E-state index contributed by atoms with van der Waals surface area (Å²) in [4.78, 5) is 17.3. The largest absolute Gasteiger partial charge is 0.459 e. The molecule has 0 amide bonds. The van der Waals surface area contributed by atoms with Crippen LogP contribution in [-0.4, -0.2) is 32.4 Å². The quantitative estimate of drug-likeness (QED) is 0.233. The molecule has 1 N–H and O–H groups in total. The summed E-state index contributed by atoms with van der Waals surface area (Å²) in [7, 11) is 0. The molecule has 0 saturated carbocycles. The van der Waals surface area contributed by atoms with Gasteiger partial charge in [0.05, 0.1) is 34.6 Å². The number of anilines is 1. The van der Waals surface area contributed by atoms with Crippen LogP contribution in [0.15, 0.2) is 59.7 Å². The second kappa shape index (κ2) is 9.32. The molecule has 0 bridgehead atoms. The third kappa shape index (κ3) is 4.39. The first-order chi connectivity index (χ1) is 15.9. The zero-order chi connectivity index (χ0) is 23.5. The average Bonchev–Trinajstić information content (AvgIpc) is 3.29. The molecule has 0 atom stereocenters. The van der Waals surface area contributed by atoms with Gasteiger partial charge in [0.2, 0.25) is 5.95 Å². The first-order valence-electron chi connectivity index (χ1n) is 11.1. The van der Waals surface area contributed by atoms with Gasteiger partial charge in [0.25, 0.3) is 0 Å². The van der Waals surface area contributed by atoms with E-state index in [1.54, 1.807) is 12.3 Å². The molecule has 0 aliphatic rings. The molecule has 0 aliphatic heterocycles. The van der Waals surface area contributed by atoms with Gasteiger partial charge in [-0.1, -0.05) is 24.3 Å². The van der Waals surface area contributed by atoms with E-state index in [0.717, 1.165) is 40.2 Å². The van der Waals surface area contributed by atoms with Gasteiger partial charge in [-0.3, -0.25) is 0 Å². The van der Waals surface area contributed by atoms with Crippen molar-refractivity contribution in [3.05, 3.63) is 77.1 Å². The molecule has 0 unspecified atom stereocenters. The van der Waals surface area contributed by atoms with Crippen LogP contribution in [0, 0.1) is 13.8 Å². The van der Waals surface area contributed by atoms with Crippen molar-refractivity contribution in [2.24, 2.45) is 5.10 Å². The van der Waals surface area contributed by atoms with Crippen molar-refractivity contribution in [1.29, 1.82) is 0 Å². The summed E-state index contributed by atoms with van der Waals surface area (Å²) >= 11 is 0. The van der Waals surface area contributed by atoms with Crippen molar-refractivity contribution >= 4 is 29.2 Å². The molecule has 33 heavy (non-hydrogen) atoms. The number of hydrazone groups is 1. The molecular formula is C26H29N5O2. The van der Waals surface area contributed by atoms with E-state index in [0.29, 0.717) is 11.5 Å². The molecule has 7 heteroatoms. The Bertz CT molecular complexity index is 1330. The topological polar surface area (TPSA) is 73.4 Å². The molecule has 0 saturated heterocycles. The van der Waals surface area contributed by atoms with E-state index >= 15 is 0 Å². The van der Waals surface area contributed by atoms with Crippen LogP contribution in [0.1, 0.15) is 48.1 Å². The highest BCUT2D eigenvalue weighted by Crippen LogP contribution is 2.24. The number of nitrogens with zero attached hydrogens (tertiary/aromatic N) is 4. The number of imidazole rings is 1. The van der Waals surface area contributed by atoms with E-state index < -0.39 is 0 Å². The number of aromatic nitrogens is 3. The lowest BCUT2D eigenvalue weighted by atomic mass is 10.1. The SMILES string of the molecule is CCn1c(N/N=C\c2cc(C)n(-c3ccccc3C(=O)OC(C)C)c2C)nc2ccccc21. The summed E-state index contributed by atoms with van der Waals surface area (Å²) in [5.41, 5.74) is 9.34. The van der Waals surface area contributed by atoms with Crippen LogP contribution in [0.4, 0.5) is 5.95 Å². The number of nitrogens with one attached hydrogen (secondary N) is 1. The molecular weight excluding hydrogens is 414 g/mol. The number of rotatable bonds is 7. The van der Waals surface area contributed by atoms with Crippen LogP contribution in [0.2, 0.25) is 0 Å². The normalized spacial score (nSPS) is 11.6. The van der Waals surface area contributed by atoms with Gasteiger partial charge in [0.15, 0.2) is 0 Å². The fourth-order valence-corrected chi connectivity index (χ4v) is 4.05. The number of ether oxygens (including phenoxy) is 1. The lowest BCUT2D eigenvalue weighted by Gasteiger charge is -2.15. The average molecular weight is 444 g/mol. The van der Waals surface area contributed by atoms with Gasteiger partial charge < -0.3 is 13.9 Å². The summed E-state index contributed by atoms with van der Waals surface area (Å²) in [6, 6.07) is 17.6. The summed E-state index contributed by atoms with van der Waals surface area (Å²) in [5.74, 6) is 0.369. The number of aryl methyl sites for hydroxylation is 2. The number of benzene rings is 2. The Labute approximate surface area is 193 Å². The maximum atomic E-state index is 12.7. The van der Waals surface area contributed by atoms with E-state index in [1.165, 1.54) is 0 Å². The third-order valence-electron chi connectivity index (χ3n) is 5.52. The molecule has 170 valence electrons. The number of esters is 1. The molecule has 0 fully saturated rings. The van der Waals surface area contributed by atoms with Crippen LogP contribution in [0.25, 0.3) is 16.7 Å². The highest BCUT2D eigenvalue weighted by atomic mass is 16.5. The Balaban J connectivity index is 1.63. The molecule has 0 spiro atoms. The van der Waals surface area contributed by atoms with Crippen LogP contribution in [0.3, 0.4) is 0 Å². The first kappa shape index (κ1) is 22.3. The number of carbonyl (C=O) groups excluding carboxylic acids is 1. The van der Waals surface area contributed by atoms with E-state index in [-0.39, 0.29) is 12.1 Å². The Kier molecular flexibility index (Phi) is 6.31. The minimum atomic E-state index is -0.330. The Morgan fingerprint density at radius 3 is 2.64 bits per heavy atom. The monoisotopic (exact) mass is 443 g/mol. The Morgan fingerprint density at radius 2 is 1.88 bits per heavy atom. The molecule has 2 aromatic heterocycles. The van der Waals surface area contributed by atoms with Gasteiger partial charge in [-0.2, -0.15) is 5.10 Å². The van der Waals surface area contributed by atoms with Crippen LogP contribution in [-0.2, 0) is 11.3 Å². The molecule has 2 heterocycles. The molecule has 4 rings (SSSR count). The van der Waals surface area contributed by atoms with Crippen molar-refractivity contribution in [2.45, 2.75) is 47.3 Å². The summed E-state index contributed by atoms with van der Waals surface area (Å²) < 4.78 is 9.59. The Hall–Kier alpha value is -3.87. The van der Waals surface area contributed by atoms with Gasteiger partial charge in [0, 0.05) is 23.5 Å². The van der Waals surface area contributed by atoms with Crippen molar-refractivity contribution < 1.29 is 9.53 Å². The first-order valence-corrected chi connectivity index (χ1v) is 11.1. The van der Waals surface area contributed by atoms with Crippen molar-refractivity contribution in [3.63, 3.8) is 0 Å². The van der Waals surface area contributed by atoms with Gasteiger partial charge >= 0.3 is 5.97 Å². The molecule has 0 radical (unpaired) electrons. The minimum Gasteiger partial charge on any atom is -0.459 e. The van der Waals surface area contributed by atoms with Crippen LogP contribution in [0.5, 0.6) is 0 Å². The summed E-state index contributed by atoms with van der Waals surface area (Å²) in [6.45, 7) is 10.6. The number of carbonyl (C=O) groups is 1. The number of hydrogen-bond acceptors (Lipinski definition) is 5. The maximum Gasteiger partial charge on any atom is 0.340 e. The fraction of sp³-hybridized carbons (Fsp3) is 0.269. The predicted octanol–water partition coefficient (Wildman–Crippen LogP) is 5.47. The number of hydrogen-bond donors (Lipinski definition) is 1. The van der Waals surface area contributed by atoms with E-state index in [9.17, 15) is 4.79 Å². The van der Waals surface area contributed by atoms with Gasteiger partial charge in [-0.15, -0.1) is 0 Å². The standard InChI is InChI=1S/C26H29N5O2/c1-6-30-24-14-10-8-12-22(24)28-26(30)29-27-16-20-15-18(4)31(19(20)5)23-13-9-7-11-21(23)25(32)33-17(2)3/h7-17H,6H2,1-5H3,(H,28,29)/b27-16-. The van der Waals surface area contributed by atoms with E-state index in [2.05, 4.69) is 37.6 Å². The highest BCUT2D eigenvalue weighted by molar-refractivity contribution is 5.94. The van der Waals surface area contributed by atoms with Gasteiger partial charge in [-0.05, 0) is 65.0 Å². The molecule has 0 aliphatic carbocycles. The van der Waals surface area contributed by atoms with E-state index in [1.807, 2.05) is 70.2 Å². The molecule has 2 aromatic carbocycles. The zero-order valence-corrected chi connectivity index (χ0v) is 19.7. The maximum absolute atomic E-state index is 12.7. The van der Waals surface area contributed by atoms with E-state index in [4.69, 9.17) is 4.74 Å². The number of para-hydroxylation sites is 3. The fourth-order valence-electron chi connectivity index (χ4n) is 4.05. The highest BCUT2D eigenvalue weighted by Gasteiger charge is 2.18. The summed E-state index contributed by atoms with van der Waals surface area (Å²) in [6.07, 6.45) is 1.60. The predicted molar refractivity (Wildman–Crippen MR) is 132 cm³/mol. The molecule has 7 nitrogen and oxygen atoms in total. The third-order valence-corrected chi connectivity index (χ3v) is 5.52. The zero-order valence-electron chi connectivity index (χ0n) is 19.7. The van der Waals surface area contributed by atoms with Crippen molar-refractivity contribution in [1.82, 2.24) is 14.1 Å². The van der Waals surface area contributed by atoms with Crippen LogP contribution < -0.4 is 5.43 Å². The van der Waals surface area contributed by atoms with Gasteiger partial charge in [-0.25, -0.2) is 15.2 Å². The van der Waals surface area contributed by atoms with Crippen LogP contribution >= 0.6 is 0 Å². The number of fused-ring (bicyclic) bond motifs is 1. The minimum absolute atomic E-state index is 0.182. The van der Waals surface area contributed by atoms with Crippen molar-refractivity contribution in [3.8, 4) is 5.69 Å².